The summed E-state index contributed by atoms with van der Waals surface area (Å²) >= 11 is 0. The number of hydrogen-bond donors (Lipinski definition) is 3. The number of nitrogens with one attached hydrogen (secondary N) is 2. The standard InChI is InChI=1S/C13H21N5O/c1-19-10-4-2-3-9(10)15-11-7-12(18-14)17-13(16-11)8-5-6-8/h7-10H,2-6,14H2,1H3,(H2,15,16,17,18). The van der Waals surface area contributed by atoms with E-state index in [9.17, 15) is 0 Å². The predicted molar refractivity (Wildman–Crippen MR) is 73.9 cm³/mol. The van der Waals surface area contributed by atoms with E-state index in [1.807, 2.05) is 6.07 Å². The molecule has 0 aliphatic heterocycles. The molecule has 19 heavy (non-hydrogen) atoms. The van der Waals surface area contributed by atoms with Crippen LogP contribution >= 0.6 is 0 Å². The quantitative estimate of drug-likeness (QED) is 0.553. The van der Waals surface area contributed by atoms with Gasteiger partial charge in [0.15, 0.2) is 0 Å². The molecule has 2 saturated carbocycles. The second kappa shape index (κ2) is 5.30. The van der Waals surface area contributed by atoms with Crippen molar-refractivity contribution in [1.82, 2.24) is 9.97 Å². The van der Waals surface area contributed by atoms with E-state index < -0.39 is 0 Å². The molecule has 2 atom stereocenters. The fourth-order valence-corrected chi connectivity index (χ4v) is 2.70. The summed E-state index contributed by atoms with van der Waals surface area (Å²) in [7, 11) is 1.77. The lowest BCUT2D eigenvalue weighted by Gasteiger charge is -2.20. The SMILES string of the molecule is COC1CCCC1Nc1cc(NN)nc(C2CC2)n1. The molecule has 1 heterocycles. The Kier molecular flexibility index (Phi) is 3.52. The second-order valence-corrected chi connectivity index (χ2v) is 5.37. The van der Waals surface area contributed by atoms with Crippen molar-refractivity contribution in [3.8, 4) is 0 Å². The molecule has 0 amide bonds. The van der Waals surface area contributed by atoms with Gasteiger partial charge in [0.2, 0.25) is 0 Å². The molecule has 0 spiro atoms. The Bertz CT molecular complexity index is 449. The summed E-state index contributed by atoms with van der Waals surface area (Å²) in [4.78, 5) is 9.01. The maximum atomic E-state index is 5.50. The number of ether oxygens (including phenoxy) is 1. The van der Waals surface area contributed by atoms with Crippen LogP contribution in [0.5, 0.6) is 0 Å². The second-order valence-electron chi connectivity index (χ2n) is 5.37. The van der Waals surface area contributed by atoms with E-state index in [0.29, 0.717) is 17.8 Å². The molecule has 2 aliphatic rings. The van der Waals surface area contributed by atoms with E-state index in [0.717, 1.165) is 24.5 Å². The van der Waals surface area contributed by atoms with Gasteiger partial charge in [0, 0.05) is 19.1 Å². The van der Waals surface area contributed by atoms with Gasteiger partial charge in [-0.15, -0.1) is 0 Å². The average Bonchev–Trinajstić information content (AvgIpc) is 3.19. The van der Waals surface area contributed by atoms with E-state index in [4.69, 9.17) is 10.6 Å². The smallest absolute Gasteiger partial charge is 0.145 e. The molecule has 6 nitrogen and oxygen atoms in total. The number of nitrogen functional groups attached to an aromatic ring is 1. The van der Waals surface area contributed by atoms with Crippen molar-refractivity contribution in [1.29, 1.82) is 0 Å². The van der Waals surface area contributed by atoms with E-state index in [2.05, 4.69) is 20.7 Å². The van der Waals surface area contributed by atoms with Crippen molar-refractivity contribution in [3.63, 3.8) is 0 Å². The Labute approximate surface area is 113 Å². The number of nitrogens with zero attached hydrogens (tertiary/aromatic N) is 2. The summed E-state index contributed by atoms with van der Waals surface area (Å²) in [5.41, 5.74) is 2.62. The molecule has 1 aromatic rings. The number of anilines is 2. The third kappa shape index (κ3) is 2.79. The van der Waals surface area contributed by atoms with Crippen LogP contribution in [0.15, 0.2) is 6.07 Å². The van der Waals surface area contributed by atoms with Crippen molar-refractivity contribution < 1.29 is 4.74 Å². The van der Waals surface area contributed by atoms with E-state index in [1.165, 1.54) is 19.3 Å². The van der Waals surface area contributed by atoms with Gasteiger partial charge in [0.1, 0.15) is 17.5 Å². The molecule has 0 aromatic carbocycles. The molecule has 0 bridgehead atoms. The van der Waals surface area contributed by atoms with Gasteiger partial charge in [-0.1, -0.05) is 0 Å². The molecule has 0 radical (unpaired) electrons. The Morgan fingerprint density at radius 1 is 1.21 bits per heavy atom. The highest BCUT2D eigenvalue weighted by Gasteiger charge is 2.29. The van der Waals surface area contributed by atoms with Gasteiger partial charge in [0.05, 0.1) is 12.1 Å². The minimum absolute atomic E-state index is 0.272. The van der Waals surface area contributed by atoms with Crippen LogP contribution in [-0.2, 0) is 4.74 Å². The number of hydrazine groups is 1. The highest BCUT2D eigenvalue weighted by atomic mass is 16.5. The number of aromatic nitrogens is 2. The van der Waals surface area contributed by atoms with Crippen LogP contribution in [0.4, 0.5) is 11.6 Å². The number of hydrogen-bond acceptors (Lipinski definition) is 6. The fourth-order valence-electron chi connectivity index (χ4n) is 2.70. The topological polar surface area (TPSA) is 85.1 Å². The first-order chi connectivity index (χ1) is 9.30. The number of nitrogens with two attached hydrogens (primary N) is 1. The van der Waals surface area contributed by atoms with Gasteiger partial charge in [0.25, 0.3) is 0 Å². The maximum Gasteiger partial charge on any atom is 0.145 e. The largest absolute Gasteiger partial charge is 0.379 e. The number of methoxy groups -OCH3 is 1. The normalized spacial score (nSPS) is 26.4. The molecule has 1 aromatic heterocycles. The molecule has 104 valence electrons. The predicted octanol–water partition coefficient (Wildman–Crippen LogP) is 1.62. The molecule has 0 saturated heterocycles. The van der Waals surface area contributed by atoms with Crippen molar-refractivity contribution in [2.75, 3.05) is 17.9 Å². The van der Waals surface area contributed by atoms with Gasteiger partial charge in [-0.3, -0.25) is 0 Å². The van der Waals surface area contributed by atoms with E-state index >= 15 is 0 Å². The van der Waals surface area contributed by atoms with Crippen LogP contribution in [0.25, 0.3) is 0 Å². The lowest BCUT2D eigenvalue weighted by atomic mass is 10.2. The first-order valence-corrected chi connectivity index (χ1v) is 6.95. The lowest BCUT2D eigenvalue weighted by Crippen LogP contribution is -2.30. The highest BCUT2D eigenvalue weighted by Crippen LogP contribution is 2.39. The first kappa shape index (κ1) is 12.6. The third-order valence-corrected chi connectivity index (χ3v) is 3.92. The minimum atomic E-state index is 0.272. The maximum absolute atomic E-state index is 5.50. The summed E-state index contributed by atoms with van der Waals surface area (Å²) < 4.78 is 5.50. The average molecular weight is 263 g/mol. The van der Waals surface area contributed by atoms with Crippen LogP contribution in [0.3, 0.4) is 0 Å². The van der Waals surface area contributed by atoms with Crippen molar-refractivity contribution in [3.05, 3.63) is 11.9 Å². The Balaban J connectivity index is 1.77. The van der Waals surface area contributed by atoms with Gasteiger partial charge in [-0.05, 0) is 32.1 Å². The Hall–Kier alpha value is -1.40. The van der Waals surface area contributed by atoms with Crippen molar-refractivity contribution in [2.45, 2.75) is 50.2 Å². The molecule has 2 unspecified atom stereocenters. The summed E-state index contributed by atoms with van der Waals surface area (Å²) in [5.74, 6) is 8.40. The molecule has 3 rings (SSSR count). The first-order valence-electron chi connectivity index (χ1n) is 6.95. The highest BCUT2D eigenvalue weighted by molar-refractivity contribution is 5.48. The summed E-state index contributed by atoms with van der Waals surface area (Å²) in [5, 5.41) is 3.47. The molecule has 4 N–H and O–H groups in total. The zero-order chi connectivity index (χ0) is 13.2. The molecule has 2 fully saturated rings. The molecule has 6 heteroatoms. The van der Waals surface area contributed by atoms with Crippen LogP contribution in [0.2, 0.25) is 0 Å². The Morgan fingerprint density at radius 2 is 2.00 bits per heavy atom. The zero-order valence-electron chi connectivity index (χ0n) is 11.2. The van der Waals surface area contributed by atoms with Crippen LogP contribution in [-0.4, -0.2) is 29.2 Å². The van der Waals surface area contributed by atoms with Gasteiger partial charge in [-0.25, -0.2) is 15.8 Å². The number of rotatable bonds is 5. The van der Waals surface area contributed by atoms with Crippen molar-refractivity contribution in [2.24, 2.45) is 5.84 Å². The van der Waals surface area contributed by atoms with Gasteiger partial charge in [-0.2, -0.15) is 0 Å². The summed E-state index contributed by atoms with van der Waals surface area (Å²) in [6.07, 6.45) is 6.05. The van der Waals surface area contributed by atoms with Crippen LogP contribution in [0, 0.1) is 0 Å². The third-order valence-electron chi connectivity index (χ3n) is 3.92. The summed E-state index contributed by atoms with van der Waals surface area (Å²) in [6, 6.07) is 2.19. The molecule has 2 aliphatic carbocycles. The van der Waals surface area contributed by atoms with E-state index in [1.54, 1.807) is 7.11 Å². The van der Waals surface area contributed by atoms with Crippen LogP contribution in [0.1, 0.15) is 43.8 Å². The Morgan fingerprint density at radius 3 is 2.68 bits per heavy atom. The van der Waals surface area contributed by atoms with E-state index in [-0.39, 0.29) is 6.10 Å². The van der Waals surface area contributed by atoms with Gasteiger partial charge >= 0.3 is 0 Å². The molecular formula is C13H21N5O. The van der Waals surface area contributed by atoms with Crippen molar-refractivity contribution >= 4 is 11.6 Å². The van der Waals surface area contributed by atoms with Crippen LogP contribution < -0.4 is 16.6 Å². The fraction of sp³-hybridized carbons (Fsp3) is 0.692. The molecular weight excluding hydrogens is 242 g/mol. The minimum Gasteiger partial charge on any atom is -0.379 e. The summed E-state index contributed by atoms with van der Waals surface area (Å²) in [6.45, 7) is 0. The van der Waals surface area contributed by atoms with Gasteiger partial charge < -0.3 is 15.5 Å². The lowest BCUT2D eigenvalue weighted by molar-refractivity contribution is 0.101. The zero-order valence-corrected chi connectivity index (χ0v) is 11.2. The monoisotopic (exact) mass is 263 g/mol.